The number of benzene rings is 7. The average molecular weight is 627 g/mol. The summed E-state index contributed by atoms with van der Waals surface area (Å²) in [6.07, 6.45) is 0. The van der Waals surface area contributed by atoms with Gasteiger partial charge in [0, 0.05) is 33.2 Å². The van der Waals surface area contributed by atoms with Crippen molar-refractivity contribution in [2.45, 2.75) is 0 Å². The van der Waals surface area contributed by atoms with Crippen molar-refractivity contribution in [3.63, 3.8) is 0 Å². The Morgan fingerprint density at radius 2 is 0.653 bits per heavy atom. The van der Waals surface area contributed by atoms with Gasteiger partial charge in [0.05, 0.1) is 11.0 Å². The molecule has 7 aromatic carbocycles. The molecule has 230 valence electrons. The van der Waals surface area contributed by atoms with Gasteiger partial charge < -0.3 is 4.57 Å². The Morgan fingerprint density at radius 3 is 1.14 bits per heavy atom. The molecule has 9 rings (SSSR count). The van der Waals surface area contributed by atoms with Gasteiger partial charge in [-0.3, -0.25) is 0 Å². The second kappa shape index (κ2) is 12.2. The first-order chi connectivity index (χ1) is 24.3. The van der Waals surface area contributed by atoms with E-state index in [1.54, 1.807) is 0 Å². The van der Waals surface area contributed by atoms with Crippen LogP contribution in [0.4, 0.5) is 0 Å². The lowest BCUT2D eigenvalue weighted by atomic mass is 9.98. The third kappa shape index (κ3) is 5.35. The minimum Gasteiger partial charge on any atom is -0.309 e. The quantitative estimate of drug-likeness (QED) is 0.184. The second-order valence-electron chi connectivity index (χ2n) is 12.1. The fourth-order valence-corrected chi connectivity index (χ4v) is 6.63. The van der Waals surface area contributed by atoms with Crippen molar-refractivity contribution in [3.05, 3.63) is 182 Å². The van der Waals surface area contributed by atoms with Crippen molar-refractivity contribution in [1.29, 1.82) is 0 Å². The molecule has 0 saturated carbocycles. The summed E-state index contributed by atoms with van der Waals surface area (Å²) in [4.78, 5) is 14.6. The normalized spacial score (nSPS) is 11.3. The number of aromatic nitrogens is 4. The van der Waals surface area contributed by atoms with Crippen molar-refractivity contribution in [2.24, 2.45) is 0 Å². The van der Waals surface area contributed by atoms with Gasteiger partial charge in [0.15, 0.2) is 17.5 Å². The van der Waals surface area contributed by atoms with Crippen LogP contribution in [0, 0.1) is 0 Å². The van der Waals surface area contributed by atoms with E-state index in [1.165, 1.54) is 32.9 Å². The maximum Gasteiger partial charge on any atom is 0.164 e. The molecule has 0 fully saturated rings. The van der Waals surface area contributed by atoms with Crippen LogP contribution in [0.5, 0.6) is 0 Å². The van der Waals surface area contributed by atoms with Crippen molar-refractivity contribution in [1.82, 2.24) is 19.5 Å². The molecule has 2 aromatic heterocycles. The summed E-state index contributed by atoms with van der Waals surface area (Å²) >= 11 is 0. The highest BCUT2D eigenvalue weighted by Gasteiger charge is 2.14. The van der Waals surface area contributed by atoms with E-state index in [0.29, 0.717) is 17.5 Å². The zero-order valence-corrected chi connectivity index (χ0v) is 26.6. The Hall–Kier alpha value is -6.65. The Kier molecular flexibility index (Phi) is 7.10. The molecule has 0 unspecified atom stereocenters. The van der Waals surface area contributed by atoms with Crippen LogP contribution in [0.1, 0.15) is 0 Å². The van der Waals surface area contributed by atoms with Crippen LogP contribution < -0.4 is 0 Å². The first-order valence-corrected chi connectivity index (χ1v) is 16.5. The summed E-state index contributed by atoms with van der Waals surface area (Å²) < 4.78 is 2.35. The molecule has 0 amide bonds. The second-order valence-corrected chi connectivity index (χ2v) is 12.1. The number of rotatable bonds is 6. The molecule has 0 aliphatic carbocycles. The van der Waals surface area contributed by atoms with Gasteiger partial charge in [-0.15, -0.1) is 0 Å². The molecule has 9 aromatic rings. The maximum atomic E-state index is 4.89. The third-order valence-electron chi connectivity index (χ3n) is 9.08. The van der Waals surface area contributed by atoms with E-state index in [-0.39, 0.29) is 0 Å². The van der Waals surface area contributed by atoms with Gasteiger partial charge >= 0.3 is 0 Å². The Labute approximate surface area is 284 Å². The maximum absolute atomic E-state index is 4.89. The number of para-hydroxylation sites is 2. The number of nitrogens with zero attached hydrogens (tertiary/aromatic N) is 4. The molecule has 2 heterocycles. The van der Waals surface area contributed by atoms with Crippen molar-refractivity contribution < 1.29 is 0 Å². The van der Waals surface area contributed by atoms with Gasteiger partial charge in [0.2, 0.25) is 0 Å². The van der Waals surface area contributed by atoms with Crippen LogP contribution in [-0.2, 0) is 0 Å². The molecule has 0 aliphatic heterocycles. The number of fused-ring (bicyclic) bond motifs is 3. The Morgan fingerprint density at radius 1 is 0.286 bits per heavy atom. The van der Waals surface area contributed by atoms with Gasteiger partial charge in [-0.2, -0.15) is 0 Å². The van der Waals surface area contributed by atoms with E-state index >= 15 is 0 Å². The fraction of sp³-hybridized carbons (Fsp3) is 0. The molecule has 0 spiro atoms. The molecule has 0 aliphatic rings. The molecule has 49 heavy (non-hydrogen) atoms. The zero-order chi connectivity index (χ0) is 32.6. The van der Waals surface area contributed by atoms with Crippen LogP contribution in [0.25, 0.3) is 83.9 Å². The van der Waals surface area contributed by atoms with Gasteiger partial charge in [-0.1, -0.05) is 152 Å². The first-order valence-electron chi connectivity index (χ1n) is 16.5. The lowest BCUT2D eigenvalue weighted by molar-refractivity contribution is 1.07. The lowest BCUT2D eigenvalue weighted by Crippen LogP contribution is -2.00. The highest BCUT2D eigenvalue weighted by molar-refractivity contribution is 6.09. The summed E-state index contributed by atoms with van der Waals surface area (Å²) in [5.74, 6) is 1.96. The van der Waals surface area contributed by atoms with Crippen LogP contribution in [0.15, 0.2) is 182 Å². The summed E-state index contributed by atoms with van der Waals surface area (Å²) in [5.41, 5.74) is 11.1. The monoisotopic (exact) mass is 626 g/mol. The summed E-state index contributed by atoms with van der Waals surface area (Å²) in [6.45, 7) is 0. The number of hydrogen-bond acceptors (Lipinski definition) is 3. The van der Waals surface area contributed by atoms with Crippen molar-refractivity contribution in [3.8, 4) is 62.1 Å². The highest BCUT2D eigenvalue weighted by atomic mass is 15.0. The van der Waals surface area contributed by atoms with Crippen LogP contribution in [-0.4, -0.2) is 19.5 Å². The molecule has 4 heteroatoms. The standard InChI is InChI=1S/C45H30N4/c1-3-12-33(13-4-1)43-46-44(34-14-5-2-6-15-34)48-45(47-43)35-24-22-31(23-25-35)36-16-11-17-37(30-36)32-26-28-38(29-27-32)49-41-20-9-7-18-39(41)40-19-8-10-21-42(40)49/h1-30H. The SMILES string of the molecule is c1ccc(-c2nc(-c3ccccc3)nc(-c3ccc(-c4cccc(-c5ccc(-n6c7ccccc7c7ccccc76)cc5)c4)cc3)n2)cc1. The van der Waals surface area contributed by atoms with Crippen LogP contribution >= 0.6 is 0 Å². The minimum absolute atomic E-state index is 0.649. The number of hydrogen-bond donors (Lipinski definition) is 0. The van der Waals surface area contributed by atoms with E-state index in [1.807, 2.05) is 60.7 Å². The Bertz CT molecular complexity index is 2460. The van der Waals surface area contributed by atoms with Crippen LogP contribution in [0.3, 0.4) is 0 Å². The van der Waals surface area contributed by atoms with Crippen molar-refractivity contribution in [2.75, 3.05) is 0 Å². The summed E-state index contributed by atoms with van der Waals surface area (Å²) in [6, 6.07) is 63.5. The van der Waals surface area contributed by atoms with Crippen molar-refractivity contribution >= 4 is 21.8 Å². The van der Waals surface area contributed by atoms with E-state index in [2.05, 4.69) is 126 Å². The minimum atomic E-state index is 0.649. The molecular formula is C45H30N4. The topological polar surface area (TPSA) is 43.6 Å². The molecule has 0 radical (unpaired) electrons. The highest BCUT2D eigenvalue weighted by Crippen LogP contribution is 2.34. The predicted molar refractivity (Wildman–Crippen MR) is 201 cm³/mol. The Balaban J connectivity index is 1.03. The molecule has 0 atom stereocenters. The van der Waals surface area contributed by atoms with E-state index < -0.39 is 0 Å². The lowest BCUT2D eigenvalue weighted by Gasteiger charge is -2.11. The molecule has 0 N–H and O–H groups in total. The van der Waals surface area contributed by atoms with Gasteiger partial charge in [-0.25, -0.2) is 15.0 Å². The fourth-order valence-electron chi connectivity index (χ4n) is 6.63. The molecule has 0 saturated heterocycles. The van der Waals surface area contributed by atoms with E-state index in [0.717, 1.165) is 33.5 Å². The largest absolute Gasteiger partial charge is 0.309 e. The molecular weight excluding hydrogens is 597 g/mol. The summed E-state index contributed by atoms with van der Waals surface area (Å²) in [5, 5.41) is 2.54. The summed E-state index contributed by atoms with van der Waals surface area (Å²) in [7, 11) is 0. The first kappa shape index (κ1) is 28.6. The van der Waals surface area contributed by atoms with E-state index in [4.69, 9.17) is 15.0 Å². The van der Waals surface area contributed by atoms with Crippen LogP contribution in [0.2, 0.25) is 0 Å². The van der Waals surface area contributed by atoms with Gasteiger partial charge in [0.25, 0.3) is 0 Å². The smallest absolute Gasteiger partial charge is 0.164 e. The predicted octanol–water partition coefficient (Wildman–Crippen LogP) is 11.3. The van der Waals surface area contributed by atoms with E-state index in [9.17, 15) is 0 Å². The van der Waals surface area contributed by atoms with Gasteiger partial charge in [0.1, 0.15) is 0 Å². The zero-order valence-electron chi connectivity index (χ0n) is 26.6. The third-order valence-corrected chi connectivity index (χ3v) is 9.08. The average Bonchev–Trinajstić information content (AvgIpc) is 3.53. The molecule has 4 nitrogen and oxygen atoms in total. The molecule has 0 bridgehead atoms. The van der Waals surface area contributed by atoms with Gasteiger partial charge in [-0.05, 0) is 52.6 Å².